The van der Waals surface area contributed by atoms with Gasteiger partial charge in [-0.2, -0.15) is 9.61 Å². The van der Waals surface area contributed by atoms with Crippen LogP contribution in [0.3, 0.4) is 0 Å². The van der Waals surface area contributed by atoms with Crippen LogP contribution in [0.25, 0.3) is 27.9 Å². The minimum atomic E-state index is -0.359. The molecular formula is C22H23BrN8O. The van der Waals surface area contributed by atoms with Gasteiger partial charge in [-0.1, -0.05) is 6.07 Å². The molecule has 9 nitrogen and oxygen atoms in total. The highest BCUT2D eigenvalue weighted by molar-refractivity contribution is 9.10. The Morgan fingerprint density at radius 2 is 2.09 bits per heavy atom. The van der Waals surface area contributed by atoms with Gasteiger partial charge >= 0.3 is 0 Å². The number of carbonyl (C=O) groups is 1. The molecule has 1 aromatic carbocycles. The number of halogens is 1. The summed E-state index contributed by atoms with van der Waals surface area (Å²) in [6.45, 7) is 1.65. The Hall–Kier alpha value is -3.01. The molecule has 32 heavy (non-hydrogen) atoms. The van der Waals surface area contributed by atoms with Crippen LogP contribution < -0.4 is 10.6 Å². The number of amides is 1. The van der Waals surface area contributed by atoms with Crippen LogP contribution in [0.5, 0.6) is 0 Å². The number of fused-ring (bicyclic) bond motifs is 3. The predicted octanol–water partition coefficient (Wildman–Crippen LogP) is 3.39. The third-order valence-electron chi connectivity index (χ3n) is 6.13. The van der Waals surface area contributed by atoms with E-state index in [4.69, 9.17) is 15.1 Å². The number of carbonyl (C=O) groups excluding carboxylic acids is 1. The average molecular weight is 495 g/mol. The Morgan fingerprint density at radius 3 is 2.97 bits per heavy atom. The average Bonchev–Trinajstić information content (AvgIpc) is 3.35. The Morgan fingerprint density at radius 1 is 1.19 bits per heavy atom. The van der Waals surface area contributed by atoms with Crippen molar-refractivity contribution in [3.63, 3.8) is 0 Å². The maximum absolute atomic E-state index is 12.5. The molecule has 2 fully saturated rings. The number of nitrogens with one attached hydrogen (secondary N) is 2. The number of anilines is 1. The van der Waals surface area contributed by atoms with E-state index in [0.29, 0.717) is 24.0 Å². The number of para-hydroxylation sites is 1. The first-order chi connectivity index (χ1) is 15.7. The summed E-state index contributed by atoms with van der Waals surface area (Å²) in [6, 6.07) is 5.54. The monoisotopic (exact) mass is 494 g/mol. The first kappa shape index (κ1) is 19.7. The van der Waals surface area contributed by atoms with Gasteiger partial charge < -0.3 is 10.6 Å². The summed E-state index contributed by atoms with van der Waals surface area (Å²) in [5, 5.41) is 16.4. The van der Waals surface area contributed by atoms with Gasteiger partial charge in [0.05, 0.1) is 17.3 Å². The van der Waals surface area contributed by atoms with Crippen molar-refractivity contribution in [2.45, 2.75) is 44.7 Å². The molecule has 1 amide bonds. The van der Waals surface area contributed by atoms with E-state index in [1.54, 1.807) is 4.52 Å². The van der Waals surface area contributed by atoms with Crippen molar-refractivity contribution in [2.24, 2.45) is 5.92 Å². The zero-order chi connectivity index (χ0) is 21.7. The SMILES string of the molecule is O=C1NCCCC[C@H]1Nc1nc2c(Br)cccc2c2nc(-c3cnn(CC4CC4)c3)nn12. The first-order valence-corrected chi connectivity index (χ1v) is 11.9. The molecule has 2 N–H and O–H groups in total. The van der Waals surface area contributed by atoms with E-state index >= 15 is 0 Å². The molecule has 0 radical (unpaired) electrons. The van der Waals surface area contributed by atoms with Gasteiger partial charge in [0.25, 0.3) is 0 Å². The molecule has 2 aliphatic rings. The van der Waals surface area contributed by atoms with Crippen molar-refractivity contribution < 1.29 is 4.79 Å². The van der Waals surface area contributed by atoms with Crippen LogP contribution in [0.2, 0.25) is 0 Å². The molecule has 0 spiro atoms. The van der Waals surface area contributed by atoms with Crippen LogP contribution in [0.15, 0.2) is 35.1 Å². The molecule has 10 heteroatoms. The highest BCUT2D eigenvalue weighted by atomic mass is 79.9. The summed E-state index contributed by atoms with van der Waals surface area (Å²) < 4.78 is 4.55. The van der Waals surface area contributed by atoms with Crippen molar-refractivity contribution in [1.29, 1.82) is 0 Å². The van der Waals surface area contributed by atoms with Crippen LogP contribution >= 0.6 is 15.9 Å². The predicted molar refractivity (Wildman–Crippen MR) is 124 cm³/mol. The fourth-order valence-corrected chi connectivity index (χ4v) is 4.64. The Bertz CT molecular complexity index is 1320. The van der Waals surface area contributed by atoms with E-state index in [1.807, 2.05) is 35.3 Å². The van der Waals surface area contributed by atoms with Gasteiger partial charge in [-0.15, -0.1) is 5.10 Å². The summed E-state index contributed by atoms with van der Waals surface area (Å²) >= 11 is 3.61. The second kappa shape index (κ2) is 7.84. The molecular weight excluding hydrogens is 472 g/mol. The highest BCUT2D eigenvalue weighted by Crippen LogP contribution is 2.31. The number of benzene rings is 1. The molecule has 1 saturated carbocycles. The number of nitrogens with zero attached hydrogens (tertiary/aromatic N) is 6. The van der Waals surface area contributed by atoms with Gasteiger partial charge in [-0.25, -0.2) is 9.97 Å². The smallest absolute Gasteiger partial charge is 0.242 e. The lowest BCUT2D eigenvalue weighted by Gasteiger charge is -2.17. The molecule has 0 bridgehead atoms. The lowest BCUT2D eigenvalue weighted by molar-refractivity contribution is -0.121. The maximum Gasteiger partial charge on any atom is 0.242 e. The Labute approximate surface area is 192 Å². The van der Waals surface area contributed by atoms with Gasteiger partial charge in [0.1, 0.15) is 6.04 Å². The summed E-state index contributed by atoms with van der Waals surface area (Å²) in [7, 11) is 0. The Kier molecular flexibility index (Phi) is 4.82. The van der Waals surface area contributed by atoms with Gasteiger partial charge in [0.2, 0.25) is 11.9 Å². The maximum atomic E-state index is 12.5. The summed E-state index contributed by atoms with van der Waals surface area (Å²) in [5.41, 5.74) is 2.34. The minimum Gasteiger partial charge on any atom is -0.354 e. The summed E-state index contributed by atoms with van der Waals surface area (Å²) in [5.74, 6) is 1.83. The third-order valence-corrected chi connectivity index (χ3v) is 6.77. The number of hydrogen-bond donors (Lipinski definition) is 2. The lowest BCUT2D eigenvalue weighted by Crippen LogP contribution is -2.38. The molecule has 1 aliphatic heterocycles. The number of aromatic nitrogens is 6. The molecule has 6 rings (SSSR count). The quantitative estimate of drug-likeness (QED) is 0.440. The first-order valence-electron chi connectivity index (χ1n) is 11.1. The van der Waals surface area contributed by atoms with Crippen LogP contribution in [0.1, 0.15) is 32.1 Å². The molecule has 4 heterocycles. The van der Waals surface area contributed by atoms with E-state index in [1.165, 1.54) is 12.8 Å². The van der Waals surface area contributed by atoms with Crippen molar-refractivity contribution >= 4 is 44.3 Å². The Balaban J connectivity index is 1.45. The molecule has 1 saturated heterocycles. The number of hydrogen-bond acceptors (Lipinski definition) is 6. The minimum absolute atomic E-state index is 0.00799. The standard InChI is InChI=1S/C22H23BrN8O/c23-16-5-3-4-15-18(16)27-22(26-17-6-1-2-9-24-21(17)32)31-20(15)28-19(29-31)14-10-25-30(12-14)11-13-7-8-13/h3-5,10,12-13,17H,1-2,6-9,11H2,(H,24,32)(H,26,27)/t17-/m1/s1. The van der Waals surface area contributed by atoms with Crippen molar-refractivity contribution in [2.75, 3.05) is 11.9 Å². The lowest BCUT2D eigenvalue weighted by atomic mass is 10.1. The fraction of sp³-hybridized carbons (Fsp3) is 0.409. The zero-order valence-corrected chi connectivity index (χ0v) is 19.0. The molecule has 1 atom stereocenters. The van der Waals surface area contributed by atoms with Gasteiger partial charge in [0.15, 0.2) is 11.5 Å². The van der Waals surface area contributed by atoms with Crippen LogP contribution in [0, 0.1) is 5.92 Å². The molecule has 4 aromatic rings. The second-order valence-corrected chi connectivity index (χ2v) is 9.47. The van der Waals surface area contributed by atoms with Crippen molar-refractivity contribution in [3.8, 4) is 11.4 Å². The molecule has 164 valence electrons. The number of rotatable bonds is 5. The fourth-order valence-electron chi connectivity index (χ4n) is 4.19. The second-order valence-electron chi connectivity index (χ2n) is 8.62. The molecule has 3 aromatic heterocycles. The van der Waals surface area contributed by atoms with E-state index in [2.05, 4.69) is 31.7 Å². The molecule has 0 unspecified atom stereocenters. The van der Waals surface area contributed by atoms with Gasteiger partial charge in [0, 0.05) is 29.1 Å². The third kappa shape index (κ3) is 3.62. The van der Waals surface area contributed by atoms with Gasteiger partial charge in [-0.3, -0.25) is 9.48 Å². The van der Waals surface area contributed by atoms with Crippen LogP contribution in [-0.2, 0) is 11.3 Å². The van der Waals surface area contributed by atoms with E-state index in [-0.39, 0.29) is 11.9 Å². The summed E-state index contributed by atoms with van der Waals surface area (Å²) in [4.78, 5) is 22.2. The molecule has 1 aliphatic carbocycles. The van der Waals surface area contributed by atoms with Crippen LogP contribution in [-0.4, -0.2) is 47.9 Å². The summed E-state index contributed by atoms with van der Waals surface area (Å²) in [6.07, 6.45) is 9.07. The highest BCUT2D eigenvalue weighted by Gasteiger charge is 2.25. The van der Waals surface area contributed by atoms with Crippen LogP contribution in [0.4, 0.5) is 5.95 Å². The van der Waals surface area contributed by atoms with Gasteiger partial charge in [-0.05, 0) is 66.1 Å². The zero-order valence-electron chi connectivity index (χ0n) is 17.5. The largest absolute Gasteiger partial charge is 0.354 e. The van der Waals surface area contributed by atoms with E-state index < -0.39 is 0 Å². The normalized spacial score (nSPS) is 19.3. The van der Waals surface area contributed by atoms with E-state index in [0.717, 1.165) is 52.7 Å². The topological polar surface area (TPSA) is 102 Å². The van der Waals surface area contributed by atoms with Crippen molar-refractivity contribution in [1.82, 2.24) is 34.7 Å². The van der Waals surface area contributed by atoms with E-state index in [9.17, 15) is 4.79 Å². The van der Waals surface area contributed by atoms with Crippen molar-refractivity contribution in [3.05, 3.63) is 35.1 Å².